The molecule has 1 N–H and O–H groups in total. The van der Waals surface area contributed by atoms with E-state index in [-0.39, 0.29) is 5.82 Å². The number of nitrogens with one attached hydrogen (secondary N) is 1. The molecule has 3 nitrogen and oxygen atoms in total. The Bertz CT molecular complexity index is 584. The molecule has 0 radical (unpaired) electrons. The molecular weight excluding hydrogens is 257 g/mol. The molecule has 0 fully saturated rings. The largest absolute Gasteiger partial charge is 0.490 e. The number of hydrogen-bond acceptors (Lipinski definition) is 3. The lowest BCUT2D eigenvalue weighted by molar-refractivity contribution is 0.296. The van der Waals surface area contributed by atoms with E-state index in [1.807, 2.05) is 18.2 Å². The number of para-hydroxylation sites is 1. The molecule has 1 heterocycles. The maximum absolute atomic E-state index is 12.9. The number of anilines is 1. The van der Waals surface area contributed by atoms with Crippen molar-refractivity contribution in [3.05, 3.63) is 53.8 Å². The first-order valence-corrected chi connectivity index (χ1v) is 6.70. The van der Waals surface area contributed by atoms with Gasteiger partial charge in [0.25, 0.3) is 0 Å². The van der Waals surface area contributed by atoms with Gasteiger partial charge in [-0.25, -0.2) is 4.39 Å². The van der Waals surface area contributed by atoms with Gasteiger partial charge in [-0.15, -0.1) is 0 Å². The molecule has 4 heteroatoms. The SMILES string of the molecule is Fc1ccc(NCc2cccc3c2OCCCO3)cc1. The number of fused-ring (bicyclic) bond motifs is 1. The zero-order valence-corrected chi connectivity index (χ0v) is 11.1. The topological polar surface area (TPSA) is 30.5 Å². The summed E-state index contributed by atoms with van der Waals surface area (Å²) in [5.74, 6) is 1.36. The van der Waals surface area contributed by atoms with Crippen LogP contribution in [-0.2, 0) is 6.54 Å². The first-order chi connectivity index (χ1) is 9.83. The molecule has 0 aliphatic carbocycles. The lowest BCUT2D eigenvalue weighted by atomic mass is 10.1. The van der Waals surface area contributed by atoms with Crippen LogP contribution in [0.1, 0.15) is 12.0 Å². The molecule has 0 amide bonds. The zero-order chi connectivity index (χ0) is 13.8. The van der Waals surface area contributed by atoms with Crippen molar-refractivity contribution < 1.29 is 13.9 Å². The van der Waals surface area contributed by atoms with E-state index in [1.165, 1.54) is 12.1 Å². The van der Waals surface area contributed by atoms with E-state index in [4.69, 9.17) is 9.47 Å². The van der Waals surface area contributed by atoms with Crippen molar-refractivity contribution in [1.82, 2.24) is 0 Å². The van der Waals surface area contributed by atoms with Crippen molar-refractivity contribution in [2.75, 3.05) is 18.5 Å². The van der Waals surface area contributed by atoms with Crippen LogP contribution in [-0.4, -0.2) is 13.2 Å². The summed E-state index contributed by atoms with van der Waals surface area (Å²) in [6, 6.07) is 12.2. The average Bonchev–Trinajstić information content (AvgIpc) is 2.72. The van der Waals surface area contributed by atoms with Crippen LogP contribution in [0.2, 0.25) is 0 Å². The van der Waals surface area contributed by atoms with Crippen molar-refractivity contribution in [3.63, 3.8) is 0 Å². The van der Waals surface area contributed by atoms with Crippen LogP contribution < -0.4 is 14.8 Å². The summed E-state index contributed by atoms with van der Waals surface area (Å²) >= 11 is 0. The third-order valence-electron chi connectivity index (χ3n) is 3.18. The number of rotatable bonds is 3. The van der Waals surface area contributed by atoms with E-state index in [2.05, 4.69) is 5.32 Å². The van der Waals surface area contributed by atoms with Gasteiger partial charge in [-0.05, 0) is 30.3 Å². The Hall–Kier alpha value is -2.23. The van der Waals surface area contributed by atoms with Gasteiger partial charge in [0, 0.05) is 24.2 Å². The fourth-order valence-corrected chi connectivity index (χ4v) is 2.16. The predicted octanol–water partition coefficient (Wildman–Crippen LogP) is 3.60. The molecule has 2 aromatic carbocycles. The molecule has 0 unspecified atom stereocenters. The second-order valence-electron chi connectivity index (χ2n) is 4.66. The summed E-state index contributed by atoms with van der Waals surface area (Å²) in [6.07, 6.45) is 0.888. The highest BCUT2D eigenvalue weighted by atomic mass is 19.1. The summed E-state index contributed by atoms with van der Waals surface area (Å²) in [7, 11) is 0. The maximum atomic E-state index is 12.9. The summed E-state index contributed by atoms with van der Waals surface area (Å²) in [6.45, 7) is 1.96. The minimum absolute atomic E-state index is 0.235. The highest BCUT2D eigenvalue weighted by Gasteiger charge is 2.13. The van der Waals surface area contributed by atoms with Gasteiger partial charge in [0.15, 0.2) is 11.5 Å². The van der Waals surface area contributed by atoms with Crippen molar-refractivity contribution in [1.29, 1.82) is 0 Å². The fourth-order valence-electron chi connectivity index (χ4n) is 2.16. The standard InChI is InChI=1S/C16H16FNO2/c17-13-5-7-14(8-6-13)18-11-12-3-1-4-15-16(12)20-10-2-9-19-15/h1,3-8,18H,2,9-11H2. The van der Waals surface area contributed by atoms with E-state index >= 15 is 0 Å². The maximum Gasteiger partial charge on any atom is 0.166 e. The predicted molar refractivity (Wildman–Crippen MR) is 75.8 cm³/mol. The van der Waals surface area contributed by atoms with Gasteiger partial charge in [0.05, 0.1) is 13.2 Å². The summed E-state index contributed by atoms with van der Waals surface area (Å²) in [4.78, 5) is 0. The van der Waals surface area contributed by atoms with Crippen molar-refractivity contribution >= 4 is 5.69 Å². The van der Waals surface area contributed by atoms with Gasteiger partial charge in [0.1, 0.15) is 5.82 Å². The first-order valence-electron chi connectivity index (χ1n) is 6.70. The molecule has 0 saturated carbocycles. The lowest BCUT2D eigenvalue weighted by Crippen LogP contribution is -2.03. The van der Waals surface area contributed by atoms with Crippen LogP contribution in [0.3, 0.4) is 0 Å². The summed E-state index contributed by atoms with van der Waals surface area (Å²) < 4.78 is 24.3. The second-order valence-corrected chi connectivity index (χ2v) is 4.66. The van der Waals surface area contributed by atoms with Crippen LogP contribution in [0.15, 0.2) is 42.5 Å². The smallest absolute Gasteiger partial charge is 0.166 e. The second kappa shape index (κ2) is 5.82. The Morgan fingerprint density at radius 2 is 1.80 bits per heavy atom. The van der Waals surface area contributed by atoms with Crippen molar-refractivity contribution in [2.24, 2.45) is 0 Å². The van der Waals surface area contributed by atoms with Crippen molar-refractivity contribution in [3.8, 4) is 11.5 Å². The Kier molecular flexibility index (Phi) is 3.72. The Morgan fingerprint density at radius 1 is 1.00 bits per heavy atom. The molecule has 1 aliphatic heterocycles. The molecule has 3 rings (SSSR count). The van der Waals surface area contributed by atoms with Gasteiger partial charge in [-0.3, -0.25) is 0 Å². The molecule has 1 aliphatic rings. The van der Waals surface area contributed by atoms with Crippen LogP contribution in [0.25, 0.3) is 0 Å². The van der Waals surface area contributed by atoms with Crippen LogP contribution >= 0.6 is 0 Å². The van der Waals surface area contributed by atoms with Gasteiger partial charge in [0.2, 0.25) is 0 Å². The highest BCUT2D eigenvalue weighted by molar-refractivity contribution is 5.50. The fraction of sp³-hybridized carbons (Fsp3) is 0.250. The van der Waals surface area contributed by atoms with E-state index in [0.717, 1.165) is 29.2 Å². The van der Waals surface area contributed by atoms with Crippen molar-refractivity contribution in [2.45, 2.75) is 13.0 Å². The summed E-state index contributed by atoms with van der Waals surface area (Å²) in [5, 5.41) is 3.26. The van der Waals surface area contributed by atoms with E-state index < -0.39 is 0 Å². The average molecular weight is 273 g/mol. The minimum atomic E-state index is -0.235. The zero-order valence-electron chi connectivity index (χ0n) is 11.1. The quantitative estimate of drug-likeness (QED) is 0.927. The minimum Gasteiger partial charge on any atom is -0.490 e. The summed E-state index contributed by atoms with van der Waals surface area (Å²) in [5.41, 5.74) is 1.91. The lowest BCUT2D eigenvalue weighted by Gasteiger charge is -2.13. The van der Waals surface area contributed by atoms with Gasteiger partial charge >= 0.3 is 0 Å². The number of benzene rings is 2. The molecular formula is C16H16FNO2. The highest BCUT2D eigenvalue weighted by Crippen LogP contribution is 2.33. The van der Waals surface area contributed by atoms with Gasteiger partial charge in [-0.1, -0.05) is 12.1 Å². The third kappa shape index (κ3) is 2.85. The molecule has 0 saturated heterocycles. The van der Waals surface area contributed by atoms with Crippen LogP contribution in [0.4, 0.5) is 10.1 Å². The molecule has 20 heavy (non-hydrogen) atoms. The Labute approximate surface area is 117 Å². The molecule has 0 bridgehead atoms. The molecule has 104 valence electrons. The Balaban J connectivity index is 1.75. The van der Waals surface area contributed by atoms with E-state index in [9.17, 15) is 4.39 Å². The molecule has 0 aromatic heterocycles. The monoisotopic (exact) mass is 273 g/mol. The number of hydrogen-bond donors (Lipinski definition) is 1. The molecule has 2 aromatic rings. The number of ether oxygens (including phenoxy) is 2. The molecule has 0 spiro atoms. The first kappa shape index (κ1) is 12.8. The van der Waals surface area contributed by atoms with Crippen LogP contribution in [0.5, 0.6) is 11.5 Å². The van der Waals surface area contributed by atoms with E-state index in [1.54, 1.807) is 12.1 Å². The normalized spacial score (nSPS) is 13.7. The van der Waals surface area contributed by atoms with Gasteiger partial charge < -0.3 is 14.8 Å². The van der Waals surface area contributed by atoms with E-state index in [0.29, 0.717) is 19.8 Å². The Morgan fingerprint density at radius 3 is 2.65 bits per heavy atom. The van der Waals surface area contributed by atoms with Crippen LogP contribution in [0, 0.1) is 5.82 Å². The molecule has 0 atom stereocenters. The third-order valence-corrected chi connectivity index (χ3v) is 3.18. The van der Waals surface area contributed by atoms with Gasteiger partial charge in [-0.2, -0.15) is 0 Å². The number of halogens is 1.